The molecule has 0 fully saturated rings. The first-order chi connectivity index (χ1) is 8.12. The molecule has 1 aromatic rings. The molecule has 0 radical (unpaired) electrons. The van der Waals surface area contributed by atoms with Crippen molar-refractivity contribution < 1.29 is 9.59 Å². The van der Waals surface area contributed by atoms with Gasteiger partial charge in [-0.25, -0.2) is 0 Å². The van der Waals surface area contributed by atoms with Gasteiger partial charge in [-0.15, -0.1) is 0 Å². The number of aryl methyl sites for hydroxylation is 1. The Labute approximate surface area is 121 Å². The highest BCUT2D eigenvalue weighted by Crippen LogP contribution is 2.31. The number of carbonyl (C=O) groups is 2. The van der Waals surface area contributed by atoms with Gasteiger partial charge in [-0.3, -0.25) is 9.59 Å². The van der Waals surface area contributed by atoms with Crippen LogP contribution in [0.3, 0.4) is 0 Å². The molecule has 0 aliphatic heterocycles. The van der Waals surface area contributed by atoms with Crippen molar-refractivity contribution in [3.63, 3.8) is 0 Å². The minimum Gasteiger partial charge on any atom is -0.347 e. The number of rotatable bonds is 4. The third kappa shape index (κ3) is 3.74. The monoisotopic (exact) mass is 309 g/mol. The van der Waals surface area contributed by atoms with Crippen LogP contribution in [0.15, 0.2) is 12.3 Å². The van der Waals surface area contributed by atoms with Gasteiger partial charge < -0.3 is 4.57 Å². The lowest BCUT2D eigenvalue weighted by atomic mass is 10.0. The molecule has 0 N–H and O–H groups in total. The van der Waals surface area contributed by atoms with Crippen molar-refractivity contribution >= 4 is 46.4 Å². The number of hydrogen-bond donors (Lipinski definition) is 0. The largest absolute Gasteiger partial charge is 0.347 e. The van der Waals surface area contributed by atoms with Crippen LogP contribution >= 0.6 is 34.8 Å². The predicted molar refractivity (Wildman–Crippen MR) is 73.8 cm³/mol. The Morgan fingerprint density at radius 1 is 1.33 bits per heavy atom. The van der Waals surface area contributed by atoms with Gasteiger partial charge in [0.25, 0.3) is 3.79 Å². The van der Waals surface area contributed by atoms with Crippen LogP contribution in [-0.4, -0.2) is 19.9 Å². The normalized spacial score (nSPS) is 11.9. The molecule has 0 bridgehead atoms. The average molecular weight is 311 g/mol. The van der Waals surface area contributed by atoms with Gasteiger partial charge in [0.05, 0.1) is 5.69 Å². The van der Waals surface area contributed by atoms with Crippen LogP contribution in [-0.2, 0) is 7.05 Å². The van der Waals surface area contributed by atoms with Crippen LogP contribution in [0.4, 0.5) is 0 Å². The maximum atomic E-state index is 11.9. The first kappa shape index (κ1) is 15.5. The quantitative estimate of drug-likeness (QED) is 0.626. The van der Waals surface area contributed by atoms with Crippen LogP contribution in [0.5, 0.6) is 0 Å². The molecule has 0 unspecified atom stereocenters. The van der Waals surface area contributed by atoms with Crippen molar-refractivity contribution in [2.45, 2.75) is 24.1 Å². The number of carbonyl (C=O) groups excluding carboxylic acids is 2. The van der Waals surface area contributed by atoms with Crippen molar-refractivity contribution in [2.24, 2.45) is 13.0 Å². The van der Waals surface area contributed by atoms with Gasteiger partial charge in [-0.2, -0.15) is 0 Å². The number of aromatic nitrogens is 1. The van der Waals surface area contributed by atoms with E-state index in [2.05, 4.69) is 0 Å². The lowest BCUT2D eigenvalue weighted by Gasteiger charge is -2.09. The molecule has 1 aromatic heterocycles. The zero-order valence-corrected chi connectivity index (χ0v) is 12.6. The SMILES string of the molecule is CC(C)CC(=O)c1cc(C(=O)C(Cl)(Cl)Cl)n(C)c1. The summed E-state index contributed by atoms with van der Waals surface area (Å²) in [6.45, 7) is 3.91. The van der Waals surface area contributed by atoms with Gasteiger partial charge in [-0.1, -0.05) is 48.7 Å². The van der Waals surface area contributed by atoms with E-state index >= 15 is 0 Å². The van der Waals surface area contributed by atoms with Gasteiger partial charge >= 0.3 is 0 Å². The summed E-state index contributed by atoms with van der Waals surface area (Å²) in [5.74, 6) is -0.410. The lowest BCUT2D eigenvalue weighted by molar-refractivity contribution is 0.0967. The molecule has 0 amide bonds. The second-order valence-corrected chi connectivity index (χ2v) is 6.85. The molecule has 0 aliphatic rings. The van der Waals surface area contributed by atoms with Gasteiger partial charge in [0, 0.05) is 25.2 Å². The molecule has 0 saturated carbocycles. The first-order valence-electron chi connectivity index (χ1n) is 5.44. The lowest BCUT2D eigenvalue weighted by Crippen LogP contribution is -2.21. The van der Waals surface area contributed by atoms with Gasteiger partial charge in [0.1, 0.15) is 0 Å². The van der Waals surface area contributed by atoms with Crippen molar-refractivity contribution in [1.29, 1.82) is 0 Å². The number of halogens is 3. The number of ketones is 2. The number of Topliss-reactive ketones (excluding diaryl/α,β-unsaturated/α-hetero) is 2. The molecule has 3 nitrogen and oxygen atoms in total. The second kappa shape index (κ2) is 5.64. The summed E-state index contributed by atoms with van der Waals surface area (Å²) in [7, 11) is 1.63. The number of nitrogens with zero attached hydrogens (tertiary/aromatic N) is 1. The van der Waals surface area contributed by atoms with Crippen LogP contribution in [0.25, 0.3) is 0 Å². The summed E-state index contributed by atoms with van der Waals surface area (Å²) < 4.78 is -0.512. The van der Waals surface area contributed by atoms with Crippen LogP contribution in [0, 0.1) is 5.92 Å². The molecule has 0 spiro atoms. The Morgan fingerprint density at radius 3 is 2.33 bits per heavy atom. The summed E-state index contributed by atoms with van der Waals surface area (Å²) in [5.41, 5.74) is 0.672. The molecule has 18 heavy (non-hydrogen) atoms. The summed E-state index contributed by atoms with van der Waals surface area (Å²) in [4.78, 5) is 23.7. The predicted octanol–water partition coefficient (Wildman–Crippen LogP) is 3.81. The maximum absolute atomic E-state index is 11.9. The molecular formula is C12H14Cl3NO2. The third-order valence-electron chi connectivity index (χ3n) is 2.41. The molecule has 6 heteroatoms. The molecule has 0 aliphatic carbocycles. The Balaban J connectivity index is 3.02. The smallest absolute Gasteiger partial charge is 0.255 e. The molecule has 0 atom stereocenters. The minimum absolute atomic E-state index is 0.0241. The number of hydrogen-bond acceptors (Lipinski definition) is 2. The summed E-state index contributed by atoms with van der Waals surface area (Å²) >= 11 is 16.6. The van der Waals surface area contributed by atoms with E-state index in [-0.39, 0.29) is 17.4 Å². The summed E-state index contributed by atoms with van der Waals surface area (Å²) in [6, 6.07) is 1.47. The van der Waals surface area contributed by atoms with Gasteiger partial charge in [0.15, 0.2) is 5.78 Å². The van der Waals surface area contributed by atoms with E-state index in [1.165, 1.54) is 10.6 Å². The average Bonchev–Trinajstić information content (AvgIpc) is 2.56. The fourth-order valence-electron chi connectivity index (χ4n) is 1.58. The molecule has 0 saturated heterocycles. The molecule has 1 heterocycles. The van der Waals surface area contributed by atoms with Crippen molar-refractivity contribution in [3.05, 3.63) is 23.5 Å². The van der Waals surface area contributed by atoms with E-state index in [0.29, 0.717) is 12.0 Å². The van der Waals surface area contributed by atoms with E-state index in [1.54, 1.807) is 13.2 Å². The second-order valence-electron chi connectivity index (χ2n) is 4.57. The van der Waals surface area contributed by atoms with Crippen LogP contribution < -0.4 is 0 Å². The van der Waals surface area contributed by atoms with Crippen LogP contribution in [0.1, 0.15) is 41.1 Å². The molecular weight excluding hydrogens is 296 g/mol. The van der Waals surface area contributed by atoms with Gasteiger partial charge in [0.2, 0.25) is 5.78 Å². The minimum atomic E-state index is -2.01. The number of alkyl halides is 3. The van der Waals surface area contributed by atoms with E-state index in [9.17, 15) is 9.59 Å². The topological polar surface area (TPSA) is 39.1 Å². The highest BCUT2D eigenvalue weighted by Gasteiger charge is 2.33. The highest BCUT2D eigenvalue weighted by atomic mass is 35.6. The Bertz CT molecular complexity index is 472. The zero-order valence-electron chi connectivity index (χ0n) is 10.3. The van der Waals surface area contributed by atoms with Crippen molar-refractivity contribution in [1.82, 2.24) is 4.57 Å². The Kier molecular flexibility index (Phi) is 4.87. The highest BCUT2D eigenvalue weighted by molar-refractivity contribution is 6.77. The fourth-order valence-corrected chi connectivity index (χ4v) is 1.87. The Morgan fingerprint density at radius 2 is 1.89 bits per heavy atom. The van der Waals surface area contributed by atoms with Gasteiger partial charge in [-0.05, 0) is 12.0 Å². The fraction of sp³-hybridized carbons (Fsp3) is 0.500. The third-order valence-corrected chi connectivity index (χ3v) is 2.93. The van der Waals surface area contributed by atoms with Crippen molar-refractivity contribution in [3.8, 4) is 0 Å². The summed E-state index contributed by atoms with van der Waals surface area (Å²) in [5, 5.41) is 0. The zero-order chi connectivity index (χ0) is 14.1. The first-order valence-corrected chi connectivity index (χ1v) is 6.57. The standard InChI is InChI=1S/C12H14Cl3NO2/c1-7(2)4-10(17)8-5-9(16(3)6-8)11(18)12(13,14)15/h5-7H,4H2,1-3H3. The van der Waals surface area contributed by atoms with E-state index < -0.39 is 9.58 Å². The summed E-state index contributed by atoms with van der Waals surface area (Å²) in [6.07, 6.45) is 2.00. The van der Waals surface area contributed by atoms with E-state index in [4.69, 9.17) is 34.8 Å². The molecule has 100 valence electrons. The van der Waals surface area contributed by atoms with E-state index in [1.807, 2.05) is 13.8 Å². The van der Waals surface area contributed by atoms with E-state index in [0.717, 1.165) is 0 Å². The molecule has 0 aromatic carbocycles. The van der Waals surface area contributed by atoms with Crippen LogP contribution in [0.2, 0.25) is 0 Å². The molecule has 1 rings (SSSR count). The maximum Gasteiger partial charge on any atom is 0.255 e. The Hall–Kier alpha value is -0.510. The van der Waals surface area contributed by atoms with Crippen molar-refractivity contribution in [2.75, 3.05) is 0 Å².